The Morgan fingerprint density at radius 3 is 2.23 bits per heavy atom. The maximum Gasteiger partial charge on any atom is 0.494 e. The van der Waals surface area contributed by atoms with Gasteiger partial charge in [0.2, 0.25) is 0 Å². The molecule has 1 atom stereocenters. The summed E-state index contributed by atoms with van der Waals surface area (Å²) in [5, 5.41) is 14.9. The van der Waals surface area contributed by atoms with Crippen LogP contribution in [0.1, 0.15) is 77.9 Å². The van der Waals surface area contributed by atoms with Gasteiger partial charge < -0.3 is 28.6 Å². The minimum Gasteiger partial charge on any atom is -0.483 e. The molecule has 48 heavy (non-hydrogen) atoms. The van der Waals surface area contributed by atoms with Crippen molar-refractivity contribution in [1.29, 1.82) is 0 Å². The normalized spacial score (nSPS) is 16.2. The van der Waals surface area contributed by atoms with Crippen molar-refractivity contribution >= 4 is 35.4 Å². The number of anilines is 1. The van der Waals surface area contributed by atoms with E-state index < -0.39 is 23.9 Å². The highest BCUT2D eigenvalue weighted by Crippen LogP contribution is 2.38. The second-order valence-corrected chi connectivity index (χ2v) is 14.7. The number of benzene rings is 2. The van der Waals surface area contributed by atoms with E-state index in [1.165, 1.54) is 0 Å². The molecule has 0 aliphatic carbocycles. The van der Waals surface area contributed by atoms with Crippen LogP contribution >= 0.6 is 0 Å². The molecule has 1 unspecified atom stereocenters. The maximum atomic E-state index is 12.8. The molecule has 1 amide bonds. The van der Waals surface area contributed by atoms with Gasteiger partial charge in [0.15, 0.2) is 5.82 Å². The number of carbonyl (C=O) groups excluding carboxylic acids is 1. The summed E-state index contributed by atoms with van der Waals surface area (Å²) in [6.07, 6.45) is -0.240. The predicted molar refractivity (Wildman–Crippen MR) is 189 cm³/mol. The van der Waals surface area contributed by atoms with Gasteiger partial charge in [-0.2, -0.15) is 10.2 Å². The minimum absolute atomic E-state index is 0.380. The zero-order chi connectivity index (χ0) is 35.2. The van der Waals surface area contributed by atoms with Crippen molar-refractivity contribution in [3.05, 3.63) is 65.5 Å². The maximum absolute atomic E-state index is 12.8. The number of hydrogen-bond donors (Lipinski definition) is 0. The monoisotopic (exact) mass is 656 g/mol. The molecular formula is C36H49BN6O5. The quantitative estimate of drug-likeness (QED) is 0.196. The second kappa shape index (κ2) is 13.0. The summed E-state index contributed by atoms with van der Waals surface area (Å²) in [5.41, 5.74) is 3.39. The van der Waals surface area contributed by atoms with Crippen molar-refractivity contribution in [3.8, 4) is 11.4 Å². The number of rotatable bonds is 9. The molecule has 12 heteroatoms. The van der Waals surface area contributed by atoms with Gasteiger partial charge in [-0.05, 0) is 85.5 Å². The van der Waals surface area contributed by atoms with Gasteiger partial charge in [-0.3, -0.25) is 0 Å². The lowest BCUT2D eigenvalue weighted by molar-refractivity contribution is 0.00578. The average molecular weight is 657 g/mol. The van der Waals surface area contributed by atoms with Crippen LogP contribution in [0.5, 0.6) is 5.75 Å². The highest BCUT2D eigenvalue weighted by molar-refractivity contribution is 6.62. The highest BCUT2D eigenvalue weighted by Gasteiger charge is 2.52. The first-order chi connectivity index (χ1) is 22.4. The molecule has 5 rings (SSSR count). The van der Waals surface area contributed by atoms with Crippen molar-refractivity contribution in [2.24, 2.45) is 0 Å². The van der Waals surface area contributed by atoms with Crippen LogP contribution in [-0.4, -0.2) is 82.6 Å². The Labute approximate surface area is 284 Å². The molecule has 4 aromatic rings. The molecule has 1 saturated heterocycles. The fourth-order valence-electron chi connectivity index (χ4n) is 5.63. The lowest BCUT2D eigenvalue weighted by atomic mass is 9.79. The van der Waals surface area contributed by atoms with Crippen molar-refractivity contribution in [2.75, 3.05) is 32.6 Å². The first-order valence-electron chi connectivity index (χ1n) is 16.4. The molecular weight excluding hydrogens is 607 g/mol. The molecule has 11 nitrogen and oxygen atoms in total. The Hall–Kier alpha value is -4.16. The second-order valence-electron chi connectivity index (χ2n) is 14.7. The average Bonchev–Trinajstić information content (AvgIpc) is 3.46. The lowest BCUT2D eigenvalue weighted by Gasteiger charge is -2.32. The van der Waals surface area contributed by atoms with E-state index >= 15 is 0 Å². The van der Waals surface area contributed by atoms with E-state index in [0.29, 0.717) is 24.5 Å². The fourth-order valence-corrected chi connectivity index (χ4v) is 5.63. The zero-order valence-corrected chi connectivity index (χ0v) is 30.4. The lowest BCUT2D eigenvalue weighted by Crippen LogP contribution is -2.41. The van der Waals surface area contributed by atoms with Gasteiger partial charge in [0, 0.05) is 34.1 Å². The Morgan fingerprint density at radius 2 is 1.62 bits per heavy atom. The molecule has 1 fully saturated rings. The molecule has 2 aromatic carbocycles. The van der Waals surface area contributed by atoms with Crippen molar-refractivity contribution < 1.29 is 23.6 Å². The number of aromatic nitrogens is 4. The van der Waals surface area contributed by atoms with Crippen molar-refractivity contribution in [2.45, 2.75) is 91.6 Å². The number of amides is 1. The Bertz CT molecular complexity index is 1770. The van der Waals surface area contributed by atoms with Gasteiger partial charge in [-0.15, -0.1) is 5.10 Å². The van der Waals surface area contributed by atoms with E-state index in [9.17, 15) is 4.79 Å². The summed E-state index contributed by atoms with van der Waals surface area (Å²) in [4.78, 5) is 16.3. The summed E-state index contributed by atoms with van der Waals surface area (Å²) in [6, 6.07) is 16.0. The van der Waals surface area contributed by atoms with E-state index in [0.717, 1.165) is 39.0 Å². The van der Waals surface area contributed by atoms with Crippen molar-refractivity contribution in [3.63, 3.8) is 0 Å². The van der Waals surface area contributed by atoms with E-state index in [4.69, 9.17) is 23.9 Å². The van der Waals surface area contributed by atoms with E-state index in [1.54, 1.807) is 11.9 Å². The van der Waals surface area contributed by atoms with Crippen LogP contribution in [0.25, 0.3) is 16.6 Å². The third-order valence-corrected chi connectivity index (χ3v) is 9.02. The molecule has 0 radical (unpaired) electrons. The molecule has 0 bridgehead atoms. The van der Waals surface area contributed by atoms with Crippen LogP contribution < -0.4 is 15.1 Å². The van der Waals surface area contributed by atoms with Gasteiger partial charge in [0.1, 0.15) is 28.7 Å². The van der Waals surface area contributed by atoms with Crippen LogP contribution in [0.2, 0.25) is 0 Å². The summed E-state index contributed by atoms with van der Waals surface area (Å²) >= 11 is 0. The van der Waals surface area contributed by atoms with Crippen LogP contribution in [-0.2, 0) is 14.0 Å². The van der Waals surface area contributed by atoms with Crippen LogP contribution in [0.3, 0.4) is 0 Å². The van der Waals surface area contributed by atoms with Gasteiger partial charge in [0.05, 0.1) is 28.0 Å². The molecule has 0 saturated carbocycles. The van der Waals surface area contributed by atoms with Gasteiger partial charge >= 0.3 is 13.2 Å². The number of carbonyl (C=O) groups is 1. The third kappa shape index (κ3) is 7.15. The Balaban J connectivity index is 1.60. The van der Waals surface area contributed by atoms with Crippen LogP contribution in [0.4, 0.5) is 10.6 Å². The van der Waals surface area contributed by atoms with E-state index in [1.807, 2.05) is 135 Å². The first-order valence-corrected chi connectivity index (χ1v) is 16.4. The molecule has 256 valence electrons. The predicted octanol–water partition coefficient (Wildman–Crippen LogP) is 6.17. The molecule has 3 heterocycles. The summed E-state index contributed by atoms with van der Waals surface area (Å²) in [7, 11) is 5.02. The van der Waals surface area contributed by atoms with Gasteiger partial charge in [-0.1, -0.05) is 36.4 Å². The number of nitrogens with zero attached hydrogens (tertiary/aromatic N) is 6. The number of fused-ring (bicyclic) bond motifs is 1. The minimum atomic E-state index is -0.588. The highest BCUT2D eigenvalue weighted by atomic mass is 16.7. The molecule has 0 spiro atoms. The summed E-state index contributed by atoms with van der Waals surface area (Å²) in [5.74, 6) is 1.29. The third-order valence-electron chi connectivity index (χ3n) is 9.02. The van der Waals surface area contributed by atoms with E-state index in [2.05, 4.69) is 10.2 Å². The molecule has 2 aromatic heterocycles. The Morgan fingerprint density at radius 1 is 0.979 bits per heavy atom. The van der Waals surface area contributed by atoms with Crippen LogP contribution in [0.15, 0.2) is 48.5 Å². The largest absolute Gasteiger partial charge is 0.494 e. The molecule has 1 aliphatic heterocycles. The summed E-state index contributed by atoms with van der Waals surface area (Å²) < 4.78 is 27.3. The fraction of sp³-hybridized carbons (Fsp3) is 0.500. The van der Waals surface area contributed by atoms with E-state index in [-0.39, 0.29) is 12.2 Å². The topological polar surface area (TPSA) is 104 Å². The van der Waals surface area contributed by atoms with Crippen LogP contribution in [0, 0.1) is 13.8 Å². The first kappa shape index (κ1) is 35.2. The van der Waals surface area contributed by atoms with Gasteiger partial charge in [-0.25, -0.2) is 9.48 Å². The number of aryl methyl sites for hydroxylation is 2. The van der Waals surface area contributed by atoms with Gasteiger partial charge in [0.25, 0.3) is 0 Å². The molecule has 1 aliphatic rings. The molecule has 0 N–H and O–H groups in total. The summed E-state index contributed by atoms with van der Waals surface area (Å²) in [6.45, 7) is 18.1. The zero-order valence-electron chi connectivity index (χ0n) is 30.4. The SMILES string of the molecule is Cc1nnc(N(C)C)c2nn(-c3cc(B4OC(C)(C)C(C)(C)O4)ccc3OC(CCN(C)C(=O)OC(C)(C)C)c3ccccc3)c(C)c12. The standard InChI is InChI=1S/C36H49BN6O5/c1-23-30-24(2)43(40-31(30)32(39-38-23)41(10)11)27-22-26(37-47-35(6,7)36(8,9)48-37)18-19-29(27)45-28(25-16-14-13-15-17-25)20-21-42(12)33(44)46-34(3,4)5/h13-19,22,28H,20-21H2,1-12H3. The Kier molecular flexibility index (Phi) is 9.55. The van der Waals surface area contributed by atoms with Crippen molar-refractivity contribution in [1.82, 2.24) is 24.9 Å². The smallest absolute Gasteiger partial charge is 0.483 e. The number of ether oxygens (including phenoxy) is 2. The number of hydrogen-bond acceptors (Lipinski definition) is 9.